The van der Waals surface area contributed by atoms with E-state index < -0.39 is 0 Å². The van der Waals surface area contributed by atoms with E-state index in [1.807, 2.05) is 0 Å². The van der Waals surface area contributed by atoms with Crippen LogP contribution in [-0.4, -0.2) is 0 Å². The van der Waals surface area contributed by atoms with E-state index in [2.05, 4.69) is 74.5 Å². The molecule has 1 aliphatic carbocycles. The van der Waals surface area contributed by atoms with Crippen LogP contribution in [0.4, 0.5) is 0 Å². The first kappa shape index (κ1) is 14.9. The van der Waals surface area contributed by atoms with Crippen LogP contribution in [0, 0.1) is 5.41 Å². The average Bonchev–Trinajstić information content (AvgIpc) is 2.78. The molecule has 1 saturated carbocycles. The minimum Gasteiger partial charge on any atom is -0.224 e. The summed E-state index contributed by atoms with van der Waals surface area (Å²) in [5.74, 6) is 0. The highest BCUT2D eigenvalue weighted by atomic mass is 17.2. The van der Waals surface area contributed by atoms with Crippen molar-refractivity contribution in [3.8, 4) is 0 Å². The van der Waals surface area contributed by atoms with Crippen LogP contribution in [0.2, 0.25) is 0 Å². The third kappa shape index (κ3) is 2.50. The van der Waals surface area contributed by atoms with Gasteiger partial charge in [0.05, 0.1) is 0 Å². The lowest BCUT2D eigenvalue weighted by Gasteiger charge is -2.41. The highest BCUT2D eigenvalue weighted by Gasteiger charge is 2.55. The van der Waals surface area contributed by atoms with Crippen molar-refractivity contribution >= 4 is 0 Å². The topological polar surface area (TPSA) is 18.5 Å². The molecule has 2 aromatic carbocycles. The van der Waals surface area contributed by atoms with Crippen LogP contribution in [0.5, 0.6) is 0 Å². The van der Waals surface area contributed by atoms with Gasteiger partial charge in [-0.2, -0.15) is 0 Å². The summed E-state index contributed by atoms with van der Waals surface area (Å²) in [4.78, 5) is 12.3. The van der Waals surface area contributed by atoms with Crippen molar-refractivity contribution < 1.29 is 9.78 Å². The van der Waals surface area contributed by atoms with Crippen LogP contribution in [0.3, 0.4) is 0 Å². The van der Waals surface area contributed by atoms with E-state index in [1.54, 1.807) is 0 Å². The number of hydrogen-bond donors (Lipinski definition) is 0. The van der Waals surface area contributed by atoms with Crippen molar-refractivity contribution in [3.63, 3.8) is 0 Å². The Bertz CT molecular complexity index is 608. The molecule has 23 heavy (non-hydrogen) atoms. The minimum atomic E-state index is -0.320. The Kier molecular flexibility index (Phi) is 3.36. The molecule has 0 unspecified atom stereocenters. The van der Waals surface area contributed by atoms with Gasteiger partial charge in [-0.3, -0.25) is 0 Å². The van der Waals surface area contributed by atoms with E-state index >= 15 is 0 Å². The Hall–Kier alpha value is -1.64. The van der Waals surface area contributed by atoms with Crippen LogP contribution >= 0.6 is 0 Å². The number of hydrogen-bond acceptors (Lipinski definition) is 2. The summed E-state index contributed by atoms with van der Waals surface area (Å²) in [5.41, 5.74) is 1.98. The molecule has 0 aromatic heterocycles. The van der Waals surface area contributed by atoms with Gasteiger partial charge in [0.25, 0.3) is 0 Å². The Labute approximate surface area is 138 Å². The quantitative estimate of drug-likeness (QED) is 0.697. The molecule has 2 heteroatoms. The lowest BCUT2D eigenvalue weighted by Crippen LogP contribution is -2.40. The maximum atomic E-state index is 6.17. The molecule has 0 N–H and O–H groups in total. The fraction of sp³-hybridized carbons (Fsp3) is 0.429. The lowest BCUT2D eigenvalue weighted by atomic mass is 9.74. The summed E-state index contributed by atoms with van der Waals surface area (Å²) in [5, 5.41) is 0. The summed E-state index contributed by atoms with van der Waals surface area (Å²) in [6, 6.07) is 21.1. The Morgan fingerprint density at radius 1 is 0.652 bits per heavy atom. The highest BCUT2D eigenvalue weighted by molar-refractivity contribution is 5.29. The SMILES string of the molecule is CC1(C)C[C@]2(c3ccccc3)CC[C@@](c3ccccc3)(C1)OO2. The summed E-state index contributed by atoms with van der Waals surface area (Å²) in [6.07, 6.45) is 3.96. The summed E-state index contributed by atoms with van der Waals surface area (Å²) in [7, 11) is 0. The van der Waals surface area contributed by atoms with E-state index in [9.17, 15) is 0 Å². The molecular formula is C21H24O2. The second kappa shape index (κ2) is 5.19. The zero-order chi connectivity index (χ0) is 16.0. The third-order valence-corrected chi connectivity index (χ3v) is 5.42. The molecular weight excluding hydrogens is 284 g/mol. The molecule has 3 aliphatic rings. The van der Waals surface area contributed by atoms with Crippen molar-refractivity contribution in [1.29, 1.82) is 0 Å². The van der Waals surface area contributed by atoms with Crippen LogP contribution in [0.25, 0.3) is 0 Å². The zero-order valence-corrected chi connectivity index (χ0v) is 13.9. The van der Waals surface area contributed by atoms with Crippen LogP contribution in [-0.2, 0) is 21.0 Å². The Morgan fingerprint density at radius 3 is 1.39 bits per heavy atom. The minimum absolute atomic E-state index is 0.151. The fourth-order valence-corrected chi connectivity index (χ4v) is 4.56. The number of rotatable bonds is 2. The van der Waals surface area contributed by atoms with Crippen molar-refractivity contribution in [2.75, 3.05) is 0 Å². The smallest absolute Gasteiger partial charge is 0.129 e. The van der Waals surface area contributed by atoms with Gasteiger partial charge in [0.2, 0.25) is 0 Å². The van der Waals surface area contributed by atoms with Gasteiger partial charge >= 0.3 is 0 Å². The van der Waals surface area contributed by atoms with Crippen LogP contribution in [0.1, 0.15) is 50.7 Å². The molecule has 2 bridgehead atoms. The van der Waals surface area contributed by atoms with Crippen molar-refractivity contribution in [1.82, 2.24) is 0 Å². The van der Waals surface area contributed by atoms with Gasteiger partial charge in [0.15, 0.2) is 0 Å². The molecule has 2 nitrogen and oxygen atoms in total. The van der Waals surface area contributed by atoms with Gasteiger partial charge in [-0.15, -0.1) is 0 Å². The first-order valence-corrected chi connectivity index (χ1v) is 8.52. The molecule has 120 valence electrons. The van der Waals surface area contributed by atoms with Crippen LogP contribution in [0.15, 0.2) is 60.7 Å². The maximum absolute atomic E-state index is 6.17. The monoisotopic (exact) mass is 308 g/mol. The van der Waals surface area contributed by atoms with Crippen molar-refractivity contribution in [3.05, 3.63) is 71.8 Å². The van der Waals surface area contributed by atoms with Gasteiger partial charge in [0.1, 0.15) is 11.2 Å². The van der Waals surface area contributed by atoms with Gasteiger partial charge in [-0.05, 0) is 42.2 Å². The predicted octanol–water partition coefficient (Wildman–Crippen LogP) is 5.34. The number of benzene rings is 2. The first-order valence-electron chi connectivity index (χ1n) is 8.52. The average molecular weight is 308 g/mol. The summed E-state index contributed by atoms with van der Waals surface area (Å²) >= 11 is 0. The maximum Gasteiger partial charge on any atom is 0.129 e. The summed E-state index contributed by atoms with van der Waals surface area (Å²) in [6.45, 7) is 4.68. The molecule has 2 atom stereocenters. The largest absolute Gasteiger partial charge is 0.224 e. The zero-order valence-electron chi connectivity index (χ0n) is 13.9. The molecule has 0 spiro atoms. The van der Waals surface area contributed by atoms with E-state index in [1.165, 1.54) is 11.1 Å². The standard InChI is InChI=1S/C21H24O2/c1-19(2)15-20(17-9-5-3-6-10-17)13-14-21(16-19,23-22-20)18-11-7-4-8-12-18/h3-12H,13-16H2,1-2H3/t20-,21-/m0/s1. The van der Waals surface area contributed by atoms with Gasteiger partial charge < -0.3 is 0 Å². The third-order valence-electron chi connectivity index (χ3n) is 5.42. The molecule has 2 heterocycles. The first-order chi connectivity index (χ1) is 11.0. The van der Waals surface area contributed by atoms with Gasteiger partial charge in [0, 0.05) is 0 Å². The molecule has 0 amide bonds. The second-order valence-electron chi connectivity index (χ2n) is 7.91. The Balaban J connectivity index is 1.77. The lowest BCUT2D eigenvalue weighted by molar-refractivity contribution is -0.444. The van der Waals surface area contributed by atoms with E-state index in [0.717, 1.165) is 25.7 Å². The van der Waals surface area contributed by atoms with Crippen LogP contribution < -0.4 is 0 Å². The van der Waals surface area contributed by atoms with Crippen molar-refractivity contribution in [2.24, 2.45) is 5.41 Å². The normalized spacial score (nSPS) is 32.4. The highest BCUT2D eigenvalue weighted by Crippen LogP contribution is 2.58. The van der Waals surface area contributed by atoms with Gasteiger partial charge in [-0.1, -0.05) is 74.5 Å². The van der Waals surface area contributed by atoms with E-state index in [-0.39, 0.29) is 16.6 Å². The van der Waals surface area contributed by atoms with E-state index in [4.69, 9.17) is 9.78 Å². The fourth-order valence-electron chi connectivity index (χ4n) is 4.56. The summed E-state index contributed by atoms with van der Waals surface area (Å²) < 4.78 is 0. The van der Waals surface area contributed by atoms with Crippen molar-refractivity contribution in [2.45, 2.75) is 50.7 Å². The molecule has 2 aliphatic heterocycles. The second-order valence-corrected chi connectivity index (χ2v) is 7.91. The number of fused-ring (bicyclic) bond motifs is 4. The molecule has 3 fully saturated rings. The predicted molar refractivity (Wildman–Crippen MR) is 90.7 cm³/mol. The molecule has 2 saturated heterocycles. The molecule has 5 rings (SSSR count). The molecule has 2 aromatic rings. The van der Waals surface area contributed by atoms with Gasteiger partial charge in [-0.25, -0.2) is 9.78 Å². The molecule has 0 radical (unpaired) electrons. The Morgan fingerprint density at radius 2 is 1.04 bits per heavy atom. The van der Waals surface area contributed by atoms with E-state index in [0.29, 0.717) is 0 Å².